The van der Waals surface area contributed by atoms with Crippen LogP contribution in [0.4, 0.5) is 5.69 Å². The van der Waals surface area contributed by atoms with Crippen LogP contribution in [-0.2, 0) is 4.79 Å². The highest BCUT2D eigenvalue weighted by Crippen LogP contribution is 2.33. The van der Waals surface area contributed by atoms with E-state index in [-0.39, 0.29) is 5.91 Å². The molecule has 1 aliphatic heterocycles. The van der Waals surface area contributed by atoms with Crippen molar-refractivity contribution in [3.8, 4) is 5.75 Å². The lowest BCUT2D eigenvalue weighted by molar-refractivity contribution is -0.113. The molecule has 0 unspecified atom stereocenters. The molecule has 1 heterocycles. The number of para-hydroxylation sites is 1. The van der Waals surface area contributed by atoms with E-state index in [1.807, 2.05) is 57.2 Å². The summed E-state index contributed by atoms with van der Waals surface area (Å²) in [7, 11) is 1.62. The number of rotatable bonds is 4. The van der Waals surface area contributed by atoms with Crippen LogP contribution in [0.25, 0.3) is 0 Å². The molecule has 2 aromatic rings. The van der Waals surface area contributed by atoms with Crippen molar-refractivity contribution in [1.29, 1.82) is 0 Å². The van der Waals surface area contributed by atoms with Crippen LogP contribution in [0, 0.1) is 13.8 Å². The van der Waals surface area contributed by atoms with Crippen LogP contribution in [0.2, 0.25) is 0 Å². The van der Waals surface area contributed by atoms with E-state index in [0.717, 1.165) is 28.1 Å². The van der Waals surface area contributed by atoms with E-state index in [4.69, 9.17) is 17.0 Å². The van der Waals surface area contributed by atoms with E-state index in [2.05, 4.69) is 22.0 Å². The fraction of sp³-hybridized carbons (Fsp3) is 0.238. The van der Waals surface area contributed by atoms with E-state index < -0.39 is 6.04 Å². The molecule has 5 nitrogen and oxygen atoms in total. The lowest BCUT2D eigenvalue weighted by Crippen LogP contribution is -2.45. The Balaban J connectivity index is 2.00. The number of ether oxygens (including phenoxy) is 1. The van der Waals surface area contributed by atoms with Gasteiger partial charge in [-0.2, -0.15) is 0 Å². The fourth-order valence-electron chi connectivity index (χ4n) is 3.38. The highest BCUT2D eigenvalue weighted by Gasteiger charge is 2.31. The number of hydrogen-bond donors (Lipinski definition) is 3. The van der Waals surface area contributed by atoms with Gasteiger partial charge >= 0.3 is 0 Å². The number of benzene rings is 2. The number of anilines is 1. The molecule has 140 valence electrons. The zero-order valence-electron chi connectivity index (χ0n) is 15.8. The third-order valence-electron chi connectivity index (χ3n) is 4.44. The van der Waals surface area contributed by atoms with Gasteiger partial charge in [0.05, 0.1) is 18.7 Å². The quantitative estimate of drug-likeness (QED) is 0.704. The molecule has 0 saturated carbocycles. The molecule has 0 fully saturated rings. The molecular weight excluding hydrogens is 358 g/mol. The Morgan fingerprint density at radius 1 is 1.11 bits per heavy atom. The zero-order chi connectivity index (χ0) is 19.6. The SMILES string of the molecule is COc1ccccc1[C@H]1NC(=S)NC(C)=C1C(=O)Nc1cc(C)cc(C)c1. The van der Waals surface area contributed by atoms with Crippen molar-refractivity contribution < 1.29 is 9.53 Å². The smallest absolute Gasteiger partial charge is 0.255 e. The number of allylic oxidation sites excluding steroid dienone is 1. The summed E-state index contributed by atoms with van der Waals surface area (Å²) < 4.78 is 5.49. The Morgan fingerprint density at radius 3 is 2.44 bits per heavy atom. The molecule has 0 spiro atoms. The molecule has 1 aliphatic rings. The summed E-state index contributed by atoms with van der Waals surface area (Å²) in [5, 5.41) is 9.75. The van der Waals surface area contributed by atoms with Crippen LogP contribution < -0.4 is 20.7 Å². The molecule has 0 radical (unpaired) electrons. The topological polar surface area (TPSA) is 62.4 Å². The Labute approximate surface area is 164 Å². The van der Waals surface area contributed by atoms with E-state index in [1.165, 1.54) is 0 Å². The summed E-state index contributed by atoms with van der Waals surface area (Å²) in [5.41, 5.74) is 5.11. The number of nitrogens with one attached hydrogen (secondary N) is 3. The average molecular weight is 382 g/mol. The average Bonchev–Trinajstić information content (AvgIpc) is 2.59. The van der Waals surface area contributed by atoms with Crippen molar-refractivity contribution in [3.05, 3.63) is 70.4 Å². The van der Waals surface area contributed by atoms with Gasteiger partial charge in [0, 0.05) is 16.9 Å². The van der Waals surface area contributed by atoms with Crippen LogP contribution in [0.15, 0.2) is 53.7 Å². The van der Waals surface area contributed by atoms with Gasteiger partial charge in [-0.15, -0.1) is 0 Å². The Hall–Kier alpha value is -2.86. The molecule has 6 heteroatoms. The molecule has 3 N–H and O–H groups in total. The first kappa shape index (κ1) is 18.9. The van der Waals surface area contributed by atoms with Crippen LogP contribution in [0.5, 0.6) is 5.75 Å². The third kappa shape index (κ3) is 4.11. The number of methoxy groups -OCH3 is 1. The van der Waals surface area contributed by atoms with E-state index in [0.29, 0.717) is 16.4 Å². The molecule has 0 aliphatic carbocycles. The zero-order valence-corrected chi connectivity index (χ0v) is 16.7. The van der Waals surface area contributed by atoms with Gasteiger partial charge in [-0.3, -0.25) is 4.79 Å². The Bertz CT molecular complexity index is 917. The highest BCUT2D eigenvalue weighted by atomic mass is 32.1. The summed E-state index contributed by atoms with van der Waals surface area (Å²) in [4.78, 5) is 13.2. The predicted octanol–water partition coefficient (Wildman–Crippen LogP) is 3.74. The maximum Gasteiger partial charge on any atom is 0.255 e. The minimum Gasteiger partial charge on any atom is -0.496 e. The molecule has 27 heavy (non-hydrogen) atoms. The van der Waals surface area contributed by atoms with Gasteiger partial charge in [-0.05, 0) is 62.3 Å². The lowest BCUT2D eigenvalue weighted by Gasteiger charge is -2.31. The van der Waals surface area contributed by atoms with Gasteiger partial charge in [-0.25, -0.2) is 0 Å². The number of carbonyl (C=O) groups excluding carboxylic acids is 1. The number of thiocarbonyl (C=S) groups is 1. The molecule has 3 rings (SSSR count). The van der Waals surface area contributed by atoms with Crippen molar-refractivity contribution in [2.75, 3.05) is 12.4 Å². The largest absolute Gasteiger partial charge is 0.496 e. The van der Waals surface area contributed by atoms with Gasteiger partial charge in [0.25, 0.3) is 5.91 Å². The number of hydrogen-bond acceptors (Lipinski definition) is 3. The van der Waals surface area contributed by atoms with Crippen molar-refractivity contribution in [1.82, 2.24) is 10.6 Å². The van der Waals surface area contributed by atoms with Gasteiger partial charge < -0.3 is 20.7 Å². The van der Waals surface area contributed by atoms with Gasteiger partial charge in [0.15, 0.2) is 5.11 Å². The summed E-state index contributed by atoms with van der Waals surface area (Å²) in [6.07, 6.45) is 0. The van der Waals surface area contributed by atoms with E-state index in [9.17, 15) is 4.79 Å². The van der Waals surface area contributed by atoms with Crippen molar-refractivity contribution >= 4 is 28.9 Å². The van der Waals surface area contributed by atoms with Crippen molar-refractivity contribution in [3.63, 3.8) is 0 Å². The van der Waals surface area contributed by atoms with Crippen LogP contribution in [0.3, 0.4) is 0 Å². The Kier molecular flexibility index (Phi) is 5.46. The number of aryl methyl sites for hydroxylation is 2. The Morgan fingerprint density at radius 2 is 1.78 bits per heavy atom. The summed E-state index contributed by atoms with van der Waals surface area (Å²) >= 11 is 5.31. The standard InChI is InChI=1S/C21H23N3O2S/c1-12-9-13(2)11-15(10-12)23-20(25)18-14(3)22-21(27)24-19(18)16-7-5-6-8-17(16)26-4/h5-11,19H,1-4H3,(H,23,25)(H2,22,24,27)/t19-/m1/s1. The van der Waals surface area contributed by atoms with Crippen LogP contribution in [0.1, 0.15) is 29.7 Å². The van der Waals surface area contributed by atoms with Crippen LogP contribution >= 0.6 is 12.2 Å². The fourth-order valence-corrected chi connectivity index (χ4v) is 3.65. The third-order valence-corrected chi connectivity index (χ3v) is 4.66. The first-order valence-corrected chi connectivity index (χ1v) is 9.10. The second kappa shape index (κ2) is 7.80. The van der Waals surface area contributed by atoms with Gasteiger partial charge in [0.2, 0.25) is 0 Å². The molecular formula is C21H23N3O2S. The number of amides is 1. The van der Waals surface area contributed by atoms with Gasteiger partial charge in [0.1, 0.15) is 5.75 Å². The minimum absolute atomic E-state index is 0.184. The second-order valence-electron chi connectivity index (χ2n) is 6.64. The van der Waals surface area contributed by atoms with Crippen molar-refractivity contribution in [2.24, 2.45) is 0 Å². The maximum atomic E-state index is 13.2. The maximum absolute atomic E-state index is 13.2. The summed E-state index contributed by atoms with van der Waals surface area (Å²) in [6, 6.07) is 13.2. The molecule has 1 atom stereocenters. The first-order chi connectivity index (χ1) is 12.9. The normalized spacial score (nSPS) is 16.4. The molecule has 0 bridgehead atoms. The molecule has 0 aromatic heterocycles. The molecule has 1 amide bonds. The minimum atomic E-state index is -0.402. The van der Waals surface area contributed by atoms with E-state index >= 15 is 0 Å². The predicted molar refractivity (Wildman–Crippen MR) is 112 cm³/mol. The monoisotopic (exact) mass is 381 g/mol. The van der Waals surface area contributed by atoms with Crippen LogP contribution in [-0.4, -0.2) is 18.1 Å². The van der Waals surface area contributed by atoms with Crippen molar-refractivity contribution in [2.45, 2.75) is 26.8 Å². The van der Waals surface area contributed by atoms with Gasteiger partial charge in [-0.1, -0.05) is 24.3 Å². The molecule has 2 aromatic carbocycles. The summed E-state index contributed by atoms with van der Waals surface area (Å²) in [5.74, 6) is 0.514. The number of carbonyl (C=O) groups is 1. The lowest BCUT2D eigenvalue weighted by atomic mass is 9.94. The highest BCUT2D eigenvalue weighted by molar-refractivity contribution is 7.80. The molecule has 0 saturated heterocycles. The summed E-state index contributed by atoms with van der Waals surface area (Å²) in [6.45, 7) is 5.87. The van der Waals surface area contributed by atoms with E-state index in [1.54, 1.807) is 7.11 Å². The second-order valence-corrected chi connectivity index (χ2v) is 7.05. The first-order valence-electron chi connectivity index (χ1n) is 8.70.